The Labute approximate surface area is 190 Å². The van der Waals surface area contributed by atoms with Gasteiger partial charge < -0.3 is 5.32 Å². The molecule has 1 N–H and O–H groups in total. The lowest BCUT2D eigenvalue weighted by Gasteiger charge is -2.11. The van der Waals surface area contributed by atoms with Gasteiger partial charge in [-0.25, -0.2) is 0 Å². The molecule has 0 radical (unpaired) electrons. The van der Waals surface area contributed by atoms with Gasteiger partial charge in [0.1, 0.15) is 0 Å². The van der Waals surface area contributed by atoms with Crippen LogP contribution in [0.1, 0.15) is 38.7 Å². The number of amides is 1. The van der Waals surface area contributed by atoms with Gasteiger partial charge in [-0.3, -0.25) is 18.6 Å². The zero-order valence-electron chi connectivity index (χ0n) is 18.4. The third-order valence-electron chi connectivity index (χ3n) is 5.41. The summed E-state index contributed by atoms with van der Waals surface area (Å²) < 4.78 is 3.59. The standard InChI is InChI=1S/C24H27N5O2S/c1-3-5-8-14-28-22(31)19-12-6-7-13-20(19)29-23(28)26-27-24(29)32-16-21(30)25-18-11-9-10-17(4-2)15-18/h6-7,9-13,15H,3-5,8,14,16H2,1-2H3,(H,25,30). The van der Waals surface area contributed by atoms with E-state index in [1.807, 2.05) is 52.9 Å². The van der Waals surface area contributed by atoms with Crippen LogP contribution in [0.2, 0.25) is 0 Å². The minimum absolute atomic E-state index is 0.0540. The van der Waals surface area contributed by atoms with Gasteiger partial charge in [0.25, 0.3) is 5.56 Å². The van der Waals surface area contributed by atoms with Crippen molar-refractivity contribution < 1.29 is 4.79 Å². The highest BCUT2D eigenvalue weighted by Gasteiger charge is 2.17. The Morgan fingerprint density at radius 3 is 2.72 bits per heavy atom. The Bertz CT molecular complexity index is 1310. The predicted molar refractivity (Wildman–Crippen MR) is 129 cm³/mol. The second-order valence-corrected chi connectivity index (χ2v) is 8.63. The first-order valence-electron chi connectivity index (χ1n) is 11.0. The van der Waals surface area contributed by atoms with Crippen LogP contribution >= 0.6 is 11.8 Å². The Morgan fingerprint density at radius 1 is 1.06 bits per heavy atom. The average molecular weight is 450 g/mol. The summed E-state index contributed by atoms with van der Waals surface area (Å²) in [7, 11) is 0. The lowest BCUT2D eigenvalue weighted by Crippen LogP contribution is -2.23. The van der Waals surface area contributed by atoms with Gasteiger partial charge in [-0.1, -0.05) is 62.7 Å². The second kappa shape index (κ2) is 9.99. The Kier molecular flexibility index (Phi) is 6.90. The molecule has 0 aliphatic carbocycles. The largest absolute Gasteiger partial charge is 0.325 e. The molecule has 0 fully saturated rings. The maximum atomic E-state index is 13.1. The maximum Gasteiger partial charge on any atom is 0.262 e. The van der Waals surface area contributed by atoms with Crippen LogP contribution in [0, 0.1) is 0 Å². The molecule has 7 nitrogen and oxygen atoms in total. The smallest absolute Gasteiger partial charge is 0.262 e. The molecule has 32 heavy (non-hydrogen) atoms. The number of carbonyl (C=O) groups is 1. The highest BCUT2D eigenvalue weighted by molar-refractivity contribution is 7.99. The van der Waals surface area contributed by atoms with Crippen molar-refractivity contribution in [1.29, 1.82) is 0 Å². The number of nitrogens with one attached hydrogen (secondary N) is 1. The number of aryl methyl sites for hydroxylation is 2. The molecule has 0 saturated heterocycles. The van der Waals surface area contributed by atoms with Crippen LogP contribution in [0.15, 0.2) is 58.5 Å². The molecule has 4 rings (SSSR count). The highest BCUT2D eigenvalue weighted by Crippen LogP contribution is 2.22. The average Bonchev–Trinajstić information content (AvgIpc) is 3.24. The molecular weight excluding hydrogens is 422 g/mol. The molecule has 0 aliphatic heterocycles. The molecule has 8 heteroatoms. The van der Waals surface area contributed by atoms with Gasteiger partial charge in [0.15, 0.2) is 5.16 Å². The molecule has 0 atom stereocenters. The SMILES string of the molecule is CCCCCn1c(=O)c2ccccc2n2c(SCC(=O)Nc3cccc(CC)c3)nnc12. The molecule has 4 aromatic rings. The van der Waals surface area contributed by atoms with E-state index in [-0.39, 0.29) is 17.2 Å². The van der Waals surface area contributed by atoms with Crippen molar-refractivity contribution in [3.63, 3.8) is 0 Å². The fourth-order valence-electron chi connectivity index (χ4n) is 3.74. The van der Waals surface area contributed by atoms with Gasteiger partial charge >= 0.3 is 0 Å². The molecular formula is C24H27N5O2S. The number of anilines is 1. The first-order valence-corrected chi connectivity index (χ1v) is 12.0. The third-order valence-corrected chi connectivity index (χ3v) is 6.34. The van der Waals surface area contributed by atoms with Gasteiger partial charge in [-0.15, -0.1) is 10.2 Å². The van der Waals surface area contributed by atoms with Crippen LogP contribution in [-0.4, -0.2) is 30.8 Å². The fourth-order valence-corrected chi connectivity index (χ4v) is 4.48. The van der Waals surface area contributed by atoms with E-state index >= 15 is 0 Å². The number of carbonyl (C=O) groups excluding carboxylic acids is 1. The number of unbranched alkanes of at least 4 members (excludes halogenated alkanes) is 2. The summed E-state index contributed by atoms with van der Waals surface area (Å²) in [5.41, 5.74) is 2.66. The second-order valence-electron chi connectivity index (χ2n) is 7.69. The summed E-state index contributed by atoms with van der Waals surface area (Å²) >= 11 is 1.31. The quantitative estimate of drug-likeness (QED) is 0.300. The number of para-hydroxylation sites is 1. The van der Waals surface area contributed by atoms with Gasteiger partial charge in [-0.2, -0.15) is 0 Å². The third kappa shape index (κ3) is 4.55. The van der Waals surface area contributed by atoms with Crippen LogP contribution in [0.25, 0.3) is 16.7 Å². The number of nitrogens with zero attached hydrogens (tertiary/aromatic N) is 4. The summed E-state index contributed by atoms with van der Waals surface area (Å²) in [4.78, 5) is 25.6. The number of hydrogen-bond acceptors (Lipinski definition) is 5. The van der Waals surface area contributed by atoms with Crippen molar-refractivity contribution in [2.24, 2.45) is 0 Å². The van der Waals surface area contributed by atoms with Gasteiger partial charge in [0, 0.05) is 12.2 Å². The van der Waals surface area contributed by atoms with Gasteiger partial charge in [0.05, 0.1) is 16.7 Å². The van der Waals surface area contributed by atoms with E-state index in [1.54, 1.807) is 4.57 Å². The number of rotatable bonds is 9. The summed E-state index contributed by atoms with van der Waals surface area (Å²) in [5, 5.41) is 12.8. The van der Waals surface area contributed by atoms with E-state index < -0.39 is 0 Å². The molecule has 0 saturated carbocycles. The molecule has 2 aromatic heterocycles. The van der Waals surface area contributed by atoms with Crippen molar-refractivity contribution in [2.45, 2.75) is 51.2 Å². The topological polar surface area (TPSA) is 81.3 Å². The molecule has 0 bridgehead atoms. The number of thioether (sulfide) groups is 1. The first-order chi connectivity index (χ1) is 15.6. The molecule has 166 valence electrons. The number of fused-ring (bicyclic) bond motifs is 3. The molecule has 0 unspecified atom stereocenters. The van der Waals surface area contributed by atoms with Crippen molar-refractivity contribution >= 4 is 40.0 Å². The summed E-state index contributed by atoms with van der Waals surface area (Å²) in [6, 6.07) is 15.3. The molecule has 1 amide bonds. The molecule has 0 spiro atoms. The van der Waals surface area contributed by atoms with Crippen LogP contribution < -0.4 is 10.9 Å². The van der Waals surface area contributed by atoms with Gasteiger partial charge in [0.2, 0.25) is 11.7 Å². The molecule has 0 aliphatic rings. The van der Waals surface area contributed by atoms with E-state index in [4.69, 9.17) is 0 Å². The van der Waals surface area contributed by atoms with E-state index in [0.717, 1.165) is 36.9 Å². The monoisotopic (exact) mass is 449 g/mol. The lowest BCUT2D eigenvalue weighted by atomic mass is 10.1. The van der Waals surface area contributed by atoms with E-state index in [9.17, 15) is 9.59 Å². The van der Waals surface area contributed by atoms with Crippen LogP contribution in [0.4, 0.5) is 5.69 Å². The number of hydrogen-bond donors (Lipinski definition) is 1. The van der Waals surface area contributed by atoms with E-state index in [1.165, 1.54) is 17.3 Å². The number of benzene rings is 2. The van der Waals surface area contributed by atoms with Crippen molar-refractivity contribution in [2.75, 3.05) is 11.1 Å². The summed E-state index contributed by atoms with van der Waals surface area (Å²) in [6.07, 6.45) is 3.93. The summed E-state index contributed by atoms with van der Waals surface area (Å²) in [6.45, 7) is 4.81. The first kappa shape index (κ1) is 22.1. The zero-order valence-corrected chi connectivity index (χ0v) is 19.2. The van der Waals surface area contributed by atoms with E-state index in [2.05, 4.69) is 29.4 Å². The van der Waals surface area contributed by atoms with Crippen molar-refractivity contribution in [3.8, 4) is 0 Å². The number of aromatic nitrogens is 4. The van der Waals surface area contributed by atoms with Crippen molar-refractivity contribution in [1.82, 2.24) is 19.2 Å². The Balaban J connectivity index is 1.62. The highest BCUT2D eigenvalue weighted by atomic mass is 32.2. The van der Waals surface area contributed by atoms with Crippen LogP contribution in [0.3, 0.4) is 0 Å². The summed E-state index contributed by atoms with van der Waals surface area (Å²) in [5.74, 6) is 0.601. The maximum absolute atomic E-state index is 13.1. The molecule has 2 aromatic carbocycles. The Hall–Kier alpha value is -3.13. The lowest BCUT2D eigenvalue weighted by molar-refractivity contribution is -0.113. The zero-order chi connectivity index (χ0) is 22.5. The van der Waals surface area contributed by atoms with Gasteiger partial charge in [-0.05, 0) is 42.7 Å². The van der Waals surface area contributed by atoms with Crippen molar-refractivity contribution in [3.05, 3.63) is 64.4 Å². The van der Waals surface area contributed by atoms with Crippen LogP contribution in [-0.2, 0) is 17.8 Å². The fraction of sp³-hybridized carbons (Fsp3) is 0.333. The minimum Gasteiger partial charge on any atom is -0.325 e. The predicted octanol–water partition coefficient (Wildman–Crippen LogP) is 4.53. The molecule has 2 heterocycles. The minimum atomic E-state index is -0.111. The Morgan fingerprint density at radius 2 is 1.91 bits per heavy atom. The van der Waals surface area contributed by atoms with Crippen LogP contribution in [0.5, 0.6) is 0 Å². The van der Waals surface area contributed by atoms with E-state index in [0.29, 0.717) is 22.9 Å². The normalized spacial score (nSPS) is 11.3.